The molecule has 3 nitrogen and oxygen atoms in total. The molecule has 0 aliphatic rings. The Balaban J connectivity index is 3.30. The summed E-state index contributed by atoms with van der Waals surface area (Å²) in [7, 11) is 0. The van der Waals surface area contributed by atoms with Crippen molar-refractivity contribution in [3.05, 3.63) is 28.5 Å². The number of carboxylic acid groups (broad SMARTS) is 1. The largest absolute Gasteiger partial charge is 0.478 e. The minimum Gasteiger partial charge on any atom is -0.478 e. The zero-order valence-corrected chi connectivity index (χ0v) is 11.1. The first kappa shape index (κ1) is 16.6. The van der Waals surface area contributed by atoms with Crippen molar-refractivity contribution in [2.24, 2.45) is 0 Å². The van der Waals surface area contributed by atoms with Crippen LogP contribution in [-0.2, 0) is 10.7 Å². The normalized spacial score (nSPS) is 13.1. The first-order valence-electron chi connectivity index (χ1n) is 5.55. The van der Waals surface area contributed by atoms with Crippen LogP contribution < -0.4 is 4.74 Å². The molecule has 1 atom stereocenters. The van der Waals surface area contributed by atoms with Gasteiger partial charge in [0.05, 0.1) is 10.6 Å². The number of ether oxygens (including phenoxy) is 1. The van der Waals surface area contributed by atoms with E-state index in [1.807, 2.05) is 0 Å². The molecule has 0 amide bonds. The molecule has 0 aliphatic carbocycles. The molecule has 1 aromatic rings. The fourth-order valence-corrected chi connectivity index (χ4v) is 1.57. The Morgan fingerprint density at radius 3 is 2.55 bits per heavy atom. The smallest absolute Gasteiger partial charge is 0.347 e. The molecule has 0 saturated carbocycles. The summed E-state index contributed by atoms with van der Waals surface area (Å²) in [5.41, 5.74) is -0.786. The van der Waals surface area contributed by atoms with Gasteiger partial charge in [0.1, 0.15) is 18.2 Å². The minimum atomic E-state index is -3.41. The topological polar surface area (TPSA) is 46.5 Å². The predicted molar refractivity (Wildman–Crippen MR) is 63.6 cm³/mol. The molecule has 20 heavy (non-hydrogen) atoms. The lowest BCUT2D eigenvalue weighted by atomic mass is 10.0. The van der Waals surface area contributed by atoms with Gasteiger partial charge in [-0.15, -0.1) is 0 Å². The second-order valence-corrected chi connectivity index (χ2v) is 4.33. The van der Waals surface area contributed by atoms with Crippen LogP contribution in [-0.4, -0.2) is 23.9 Å². The minimum absolute atomic E-state index is 0.521. The van der Waals surface area contributed by atoms with E-state index in [1.165, 1.54) is 6.92 Å². The average Bonchev–Trinajstić information content (AvgIpc) is 2.38. The molecule has 0 saturated heterocycles. The first-order valence-corrected chi connectivity index (χ1v) is 5.93. The molecular formula is C12H11ClF4O3. The third-order valence-corrected chi connectivity index (χ3v) is 2.84. The van der Waals surface area contributed by atoms with E-state index in [2.05, 4.69) is 4.74 Å². The van der Waals surface area contributed by atoms with Crippen molar-refractivity contribution >= 4 is 17.6 Å². The van der Waals surface area contributed by atoms with Crippen LogP contribution in [0.4, 0.5) is 17.6 Å². The van der Waals surface area contributed by atoms with Gasteiger partial charge in [0.25, 0.3) is 5.92 Å². The molecule has 0 unspecified atom stereocenters. The summed E-state index contributed by atoms with van der Waals surface area (Å²) in [6, 6.07) is 1.17. The summed E-state index contributed by atoms with van der Waals surface area (Å²) in [4.78, 5) is 10.6. The van der Waals surface area contributed by atoms with E-state index in [0.29, 0.717) is 12.1 Å². The lowest BCUT2D eigenvalue weighted by molar-refractivity contribution is -0.146. The maximum absolute atomic E-state index is 13.7. The van der Waals surface area contributed by atoms with E-state index in [1.54, 1.807) is 0 Å². The predicted octanol–water partition coefficient (Wildman–Crippen LogP) is 3.78. The van der Waals surface area contributed by atoms with Crippen LogP contribution in [0.3, 0.4) is 0 Å². The van der Waals surface area contributed by atoms with E-state index in [0.717, 1.165) is 0 Å². The molecule has 0 radical (unpaired) electrons. The van der Waals surface area contributed by atoms with E-state index >= 15 is 0 Å². The van der Waals surface area contributed by atoms with Crippen LogP contribution in [0.25, 0.3) is 0 Å². The number of carbonyl (C=O) groups is 1. The van der Waals surface area contributed by atoms with E-state index in [-0.39, 0.29) is 0 Å². The molecule has 8 heteroatoms. The van der Waals surface area contributed by atoms with Crippen molar-refractivity contribution < 1.29 is 32.2 Å². The molecule has 0 heterocycles. The van der Waals surface area contributed by atoms with Crippen LogP contribution in [0, 0.1) is 5.82 Å². The summed E-state index contributed by atoms with van der Waals surface area (Å²) in [5.74, 6) is -6.91. The quantitative estimate of drug-likeness (QED) is 0.813. The van der Waals surface area contributed by atoms with Crippen molar-refractivity contribution in [1.82, 2.24) is 0 Å². The van der Waals surface area contributed by atoms with Gasteiger partial charge >= 0.3 is 5.97 Å². The highest BCUT2D eigenvalue weighted by Crippen LogP contribution is 2.40. The number of hydrogen-bond acceptors (Lipinski definition) is 2. The molecule has 0 bridgehead atoms. The maximum atomic E-state index is 13.7. The van der Waals surface area contributed by atoms with Crippen LogP contribution >= 0.6 is 11.6 Å². The Morgan fingerprint density at radius 1 is 1.50 bits per heavy atom. The third kappa shape index (κ3) is 3.53. The maximum Gasteiger partial charge on any atom is 0.347 e. The van der Waals surface area contributed by atoms with Gasteiger partial charge < -0.3 is 9.84 Å². The molecule has 0 aromatic heterocycles. The Bertz CT molecular complexity index is 508. The number of carboxylic acids is 1. The Labute approximate surface area is 117 Å². The molecule has 0 spiro atoms. The van der Waals surface area contributed by atoms with Gasteiger partial charge in [0, 0.05) is 12.5 Å². The second kappa shape index (κ2) is 6.30. The van der Waals surface area contributed by atoms with Gasteiger partial charge in [-0.05, 0) is 6.07 Å². The Morgan fingerprint density at radius 2 is 2.10 bits per heavy atom. The summed E-state index contributed by atoms with van der Waals surface area (Å²) >= 11 is 5.43. The van der Waals surface area contributed by atoms with Gasteiger partial charge in [0.2, 0.25) is 6.10 Å². The average molecular weight is 315 g/mol. The SMILES string of the molecule is CCC(F)(F)c1cc(Cl)c(F)cc1O[C@@H](CF)C(=O)O. The monoisotopic (exact) mass is 314 g/mol. The van der Waals surface area contributed by atoms with Gasteiger partial charge in [-0.1, -0.05) is 18.5 Å². The zero-order chi connectivity index (χ0) is 15.5. The summed E-state index contributed by atoms with van der Waals surface area (Å²) < 4.78 is 57.8. The molecule has 1 aromatic carbocycles. The van der Waals surface area contributed by atoms with Crippen LogP contribution in [0.1, 0.15) is 18.9 Å². The van der Waals surface area contributed by atoms with Crippen molar-refractivity contribution in [3.63, 3.8) is 0 Å². The first-order chi connectivity index (χ1) is 9.22. The molecule has 1 rings (SSSR count). The Hall–Kier alpha value is -1.50. The number of alkyl halides is 3. The van der Waals surface area contributed by atoms with E-state index in [4.69, 9.17) is 16.7 Å². The molecule has 0 aliphatic heterocycles. The number of benzene rings is 1. The molecule has 112 valence electrons. The van der Waals surface area contributed by atoms with E-state index in [9.17, 15) is 22.4 Å². The number of aliphatic carboxylic acids is 1. The number of halogens is 5. The lowest BCUT2D eigenvalue weighted by Gasteiger charge is -2.21. The summed E-state index contributed by atoms with van der Waals surface area (Å²) in [6.07, 6.45) is -2.64. The standard InChI is InChI=1S/C12H11ClF4O3/c1-2-12(16,17)6-3-7(13)8(15)4-9(6)20-10(5-14)11(18)19/h3-4,10H,2,5H2,1H3,(H,18,19)/t10-/m0/s1. The number of hydrogen-bond donors (Lipinski definition) is 1. The highest BCUT2D eigenvalue weighted by Gasteiger charge is 2.35. The van der Waals surface area contributed by atoms with Gasteiger partial charge in [-0.2, -0.15) is 0 Å². The van der Waals surface area contributed by atoms with Crippen LogP contribution in [0.2, 0.25) is 5.02 Å². The molecule has 1 N–H and O–H groups in total. The van der Waals surface area contributed by atoms with Crippen molar-refractivity contribution in [2.45, 2.75) is 25.4 Å². The summed E-state index contributed by atoms with van der Waals surface area (Å²) in [6.45, 7) is -0.276. The zero-order valence-electron chi connectivity index (χ0n) is 10.3. The second-order valence-electron chi connectivity index (χ2n) is 3.92. The van der Waals surface area contributed by atoms with Crippen molar-refractivity contribution in [1.29, 1.82) is 0 Å². The highest BCUT2D eigenvalue weighted by molar-refractivity contribution is 6.30. The van der Waals surface area contributed by atoms with E-state index < -0.39 is 53.2 Å². The third-order valence-electron chi connectivity index (χ3n) is 2.55. The fraction of sp³-hybridized carbons (Fsp3) is 0.417. The van der Waals surface area contributed by atoms with Crippen LogP contribution in [0.5, 0.6) is 5.75 Å². The van der Waals surface area contributed by atoms with Crippen molar-refractivity contribution in [3.8, 4) is 5.75 Å². The Kier molecular flexibility index (Phi) is 5.21. The van der Waals surface area contributed by atoms with Crippen molar-refractivity contribution in [2.75, 3.05) is 6.67 Å². The van der Waals surface area contributed by atoms with Gasteiger partial charge in [-0.25, -0.2) is 22.4 Å². The highest BCUT2D eigenvalue weighted by atomic mass is 35.5. The van der Waals surface area contributed by atoms with Gasteiger partial charge in [0.15, 0.2) is 0 Å². The van der Waals surface area contributed by atoms with Gasteiger partial charge in [-0.3, -0.25) is 0 Å². The van der Waals surface area contributed by atoms with Crippen LogP contribution in [0.15, 0.2) is 12.1 Å². The number of rotatable bonds is 6. The summed E-state index contributed by atoms with van der Waals surface area (Å²) in [5, 5.41) is 8.07. The fourth-order valence-electron chi connectivity index (χ4n) is 1.40. The molecular weight excluding hydrogens is 304 g/mol. The lowest BCUT2D eigenvalue weighted by Crippen LogP contribution is -2.30. The molecule has 0 fully saturated rings.